The molecule has 1 aromatic carbocycles. The van der Waals surface area contributed by atoms with Crippen LogP contribution in [0, 0.1) is 12.3 Å². The maximum Gasteiger partial charge on any atom is 0.234 e. The van der Waals surface area contributed by atoms with Gasteiger partial charge in [0.05, 0.1) is 5.92 Å². The Hall–Kier alpha value is -2.08. The van der Waals surface area contributed by atoms with Crippen molar-refractivity contribution in [2.45, 2.75) is 38.5 Å². The molecule has 0 aliphatic carbocycles. The van der Waals surface area contributed by atoms with Crippen LogP contribution < -0.4 is 5.32 Å². The molecule has 1 N–H and O–H groups in total. The van der Waals surface area contributed by atoms with Gasteiger partial charge in [-0.3, -0.25) is 14.9 Å². The number of nitrogens with one attached hydrogen (secondary N) is 1. The molecule has 0 bridgehead atoms. The Morgan fingerprint density at radius 3 is 2.68 bits per heavy atom. The SMILES string of the molecule is C#Cc1cc(C(C)C)ccc1C1CCC(=O)NC1=O. The summed E-state index contributed by atoms with van der Waals surface area (Å²) in [6.45, 7) is 4.20. The van der Waals surface area contributed by atoms with E-state index in [1.807, 2.05) is 18.2 Å². The van der Waals surface area contributed by atoms with E-state index in [-0.39, 0.29) is 17.7 Å². The zero-order valence-electron chi connectivity index (χ0n) is 11.2. The molecule has 2 rings (SSSR count). The Balaban J connectivity index is 2.37. The van der Waals surface area contributed by atoms with Gasteiger partial charge in [0.1, 0.15) is 0 Å². The van der Waals surface area contributed by atoms with E-state index in [1.54, 1.807) is 0 Å². The van der Waals surface area contributed by atoms with Crippen LogP contribution in [0.15, 0.2) is 18.2 Å². The molecule has 0 aromatic heterocycles. The third-order valence-electron chi connectivity index (χ3n) is 3.51. The van der Waals surface area contributed by atoms with Crippen molar-refractivity contribution in [1.29, 1.82) is 0 Å². The van der Waals surface area contributed by atoms with Crippen molar-refractivity contribution in [3.8, 4) is 12.3 Å². The Labute approximate surface area is 113 Å². The standard InChI is InChI=1S/C16H17NO2/c1-4-11-9-12(10(2)3)5-6-13(11)14-7-8-15(18)17-16(14)19/h1,5-6,9-10,14H,7-8H2,2-3H3,(H,17,18,19). The summed E-state index contributed by atoms with van der Waals surface area (Å²) in [5, 5.41) is 2.37. The number of amides is 2. The molecule has 1 atom stereocenters. The Morgan fingerprint density at radius 1 is 1.37 bits per heavy atom. The van der Waals surface area contributed by atoms with Crippen molar-refractivity contribution in [3.63, 3.8) is 0 Å². The molecule has 1 aliphatic heterocycles. The fraction of sp³-hybridized carbons (Fsp3) is 0.375. The number of imide groups is 1. The first-order valence-electron chi connectivity index (χ1n) is 6.47. The number of carbonyl (C=O) groups excluding carboxylic acids is 2. The number of hydrogen-bond donors (Lipinski definition) is 1. The maximum atomic E-state index is 11.9. The summed E-state index contributed by atoms with van der Waals surface area (Å²) < 4.78 is 0. The first-order valence-corrected chi connectivity index (χ1v) is 6.47. The average Bonchev–Trinajstić information content (AvgIpc) is 2.38. The first-order chi connectivity index (χ1) is 9.02. The summed E-state index contributed by atoms with van der Waals surface area (Å²) >= 11 is 0. The first kappa shape index (κ1) is 13.4. The Kier molecular flexibility index (Phi) is 3.71. The highest BCUT2D eigenvalue weighted by Gasteiger charge is 2.29. The van der Waals surface area contributed by atoms with Gasteiger partial charge in [0.15, 0.2) is 0 Å². The van der Waals surface area contributed by atoms with Crippen molar-refractivity contribution in [2.75, 3.05) is 0 Å². The van der Waals surface area contributed by atoms with Gasteiger partial charge in [-0.15, -0.1) is 6.42 Å². The summed E-state index contributed by atoms with van der Waals surface area (Å²) in [6, 6.07) is 5.89. The average molecular weight is 255 g/mol. The van der Waals surface area contributed by atoms with Crippen LogP contribution >= 0.6 is 0 Å². The molecule has 1 fully saturated rings. The van der Waals surface area contributed by atoms with Gasteiger partial charge in [-0.25, -0.2) is 0 Å². The van der Waals surface area contributed by atoms with Crippen molar-refractivity contribution < 1.29 is 9.59 Å². The van der Waals surface area contributed by atoms with E-state index < -0.39 is 0 Å². The van der Waals surface area contributed by atoms with Crippen LogP contribution in [-0.2, 0) is 9.59 Å². The number of piperidine rings is 1. The number of benzene rings is 1. The summed E-state index contributed by atoms with van der Waals surface area (Å²) in [5.41, 5.74) is 2.75. The molecule has 1 saturated heterocycles. The van der Waals surface area contributed by atoms with Gasteiger partial charge < -0.3 is 0 Å². The van der Waals surface area contributed by atoms with Gasteiger partial charge in [0.25, 0.3) is 0 Å². The molecule has 3 heteroatoms. The minimum atomic E-state index is -0.315. The molecule has 0 saturated carbocycles. The van der Waals surface area contributed by atoms with E-state index in [9.17, 15) is 9.59 Å². The summed E-state index contributed by atoms with van der Waals surface area (Å²) in [5.74, 6) is 2.28. The molecule has 19 heavy (non-hydrogen) atoms. The Morgan fingerprint density at radius 2 is 2.11 bits per heavy atom. The summed E-state index contributed by atoms with van der Waals surface area (Å²) in [7, 11) is 0. The quantitative estimate of drug-likeness (QED) is 0.651. The lowest BCUT2D eigenvalue weighted by Gasteiger charge is -2.22. The van der Waals surface area contributed by atoms with Gasteiger partial charge in [0.2, 0.25) is 11.8 Å². The lowest BCUT2D eigenvalue weighted by atomic mass is 9.86. The molecule has 0 radical (unpaired) electrons. The Bertz CT molecular complexity index is 567. The number of rotatable bonds is 2. The number of carbonyl (C=O) groups is 2. The second kappa shape index (κ2) is 5.27. The van der Waals surface area contributed by atoms with E-state index in [1.165, 1.54) is 0 Å². The monoisotopic (exact) mass is 255 g/mol. The van der Waals surface area contributed by atoms with Crippen molar-refractivity contribution in [2.24, 2.45) is 0 Å². The molecular formula is C16H17NO2. The molecule has 1 aromatic rings. The fourth-order valence-electron chi connectivity index (χ4n) is 2.35. The van der Waals surface area contributed by atoms with Gasteiger partial charge >= 0.3 is 0 Å². The summed E-state index contributed by atoms with van der Waals surface area (Å²) in [6.07, 6.45) is 6.45. The van der Waals surface area contributed by atoms with Crippen LogP contribution in [0.3, 0.4) is 0 Å². The van der Waals surface area contributed by atoms with Crippen LogP contribution in [0.25, 0.3) is 0 Å². The highest BCUT2D eigenvalue weighted by molar-refractivity contribution is 6.01. The molecule has 0 spiro atoms. The predicted octanol–water partition coefficient (Wildman–Crippen LogP) is 2.31. The molecule has 1 unspecified atom stereocenters. The van der Waals surface area contributed by atoms with E-state index in [4.69, 9.17) is 6.42 Å². The third-order valence-corrected chi connectivity index (χ3v) is 3.51. The largest absolute Gasteiger partial charge is 0.296 e. The van der Waals surface area contributed by atoms with Gasteiger partial charge in [-0.1, -0.05) is 31.9 Å². The zero-order chi connectivity index (χ0) is 14.0. The zero-order valence-corrected chi connectivity index (χ0v) is 11.2. The minimum absolute atomic E-state index is 0.206. The molecule has 1 heterocycles. The number of terminal acetylenes is 1. The van der Waals surface area contributed by atoms with Gasteiger partial charge in [-0.2, -0.15) is 0 Å². The second-order valence-corrected chi connectivity index (χ2v) is 5.15. The number of hydrogen-bond acceptors (Lipinski definition) is 2. The minimum Gasteiger partial charge on any atom is -0.296 e. The van der Waals surface area contributed by atoms with E-state index >= 15 is 0 Å². The van der Waals surface area contributed by atoms with E-state index in [0.717, 1.165) is 16.7 Å². The normalized spacial score (nSPS) is 19.2. The molecule has 2 amide bonds. The van der Waals surface area contributed by atoms with Gasteiger partial charge in [-0.05, 0) is 29.5 Å². The molecule has 3 nitrogen and oxygen atoms in total. The topological polar surface area (TPSA) is 46.2 Å². The molecule has 98 valence electrons. The lowest BCUT2D eigenvalue weighted by molar-refractivity contribution is -0.134. The van der Waals surface area contributed by atoms with Crippen molar-refractivity contribution in [3.05, 3.63) is 34.9 Å². The second-order valence-electron chi connectivity index (χ2n) is 5.15. The van der Waals surface area contributed by atoms with Crippen LogP contribution in [0.2, 0.25) is 0 Å². The third kappa shape index (κ3) is 2.68. The fourth-order valence-corrected chi connectivity index (χ4v) is 2.35. The predicted molar refractivity (Wildman–Crippen MR) is 73.6 cm³/mol. The van der Waals surface area contributed by atoms with Crippen LogP contribution in [0.5, 0.6) is 0 Å². The van der Waals surface area contributed by atoms with Gasteiger partial charge in [0, 0.05) is 12.0 Å². The van der Waals surface area contributed by atoms with Crippen LogP contribution in [0.1, 0.15) is 55.2 Å². The van der Waals surface area contributed by atoms with Crippen LogP contribution in [0.4, 0.5) is 0 Å². The smallest absolute Gasteiger partial charge is 0.234 e. The highest BCUT2D eigenvalue weighted by Crippen LogP contribution is 2.29. The van der Waals surface area contributed by atoms with Crippen molar-refractivity contribution >= 4 is 11.8 Å². The maximum absolute atomic E-state index is 11.9. The molecular weight excluding hydrogens is 238 g/mol. The van der Waals surface area contributed by atoms with Crippen molar-refractivity contribution in [1.82, 2.24) is 5.32 Å². The molecule has 1 aliphatic rings. The van der Waals surface area contributed by atoms with E-state index in [2.05, 4.69) is 25.1 Å². The highest BCUT2D eigenvalue weighted by atomic mass is 16.2. The van der Waals surface area contributed by atoms with Crippen LogP contribution in [-0.4, -0.2) is 11.8 Å². The lowest BCUT2D eigenvalue weighted by Crippen LogP contribution is -2.39. The summed E-state index contributed by atoms with van der Waals surface area (Å²) in [4.78, 5) is 23.1. The van der Waals surface area contributed by atoms with E-state index in [0.29, 0.717) is 18.8 Å².